The lowest BCUT2D eigenvalue weighted by atomic mass is 9.94. The Bertz CT molecular complexity index is 869. The molecule has 1 aliphatic carbocycles. The van der Waals surface area contributed by atoms with Crippen LogP contribution in [-0.4, -0.2) is 65.0 Å². The number of aliphatic hydroxyl groups excluding tert-OH is 1. The van der Waals surface area contributed by atoms with E-state index in [9.17, 15) is 14.7 Å². The van der Waals surface area contributed by atoms with E-state index in [4.69, 9.17) is 16.3 Å². The molecule has 0 atom stereocenters. The molecule has 2 fully saturated rings. The number of benzene rings is 1. The second kappa shape index (κ2) is 9.87. The van der Waals surface area contributed by atoms with Crippen molar-refractivity contribution >= 4 is 35.1 Å². The first-order valence-electron chi connectivity index (χ1n) is 11.0. The van der Waals surface area contributed by atoms with Crippen molar-refractivity contribution in [2.75, 3.05) is 26.3 Å². The number of carbonyl (C=O) groups excluding carboxylic acids is 2. The van der Waals surface area contributed by atoms with Crippen LogP contribution >= 0.6 is 11.6 Å². The number of carbonyl (C=O) groups is 2. The number of nitrogens with zero attached hydrogens (tertiary/aromatic N) is 3. The Balaban J connectivity index is 1.34. The van der Waals surface area contributed by atoms with Gasteiger partial charge in [0.05, 0.1) is 30.5 Å². The summed E-state index contributed by atoms with van der Waals surface area (Å²) in [4.78, 5) is 32.6. The van der Waals surface area contributed by atoms with Gasteiger partial charge < -0.3 is 19.6 Å². The van der Waals surface area contributed by atoms with Gasteiger partial charge in [0.1, 0.15) is 12.3 Å². The molecule has 0 aromatic heterocycles. The first kappa shape index (κ1) is 21.9. The number of fused-ring (bicyclic) bond motifs is 2. The summed E-state index contributed by atoms with van der Waals surface area (Å²) in [5, 5.41) is 12.6. The van der Waals surface area contributed by atoms with Crippen LogP contribution in [0.1, 0.15) is 50.5 Å². The standard InChI is InChI=1S/C22H29ClN4O4/c23-17-8-9-18-16(13-26-14-19(29)25-22(26)24-18)21(17)31-12-4-7-20(30)27(10-11-28)15-5-2-1-3-6-15/h8-9,15,28H,1-7,10-14H2,(H,24,25,29). The van der Waals surface area contributed by atoms with Crippen molar-refractivity contribution in [1.29, 1.82) is 0 Å². The molecule has 2 amide bonds. The number of hydrogen-bond donors (Lipinski definition) is 2. The predicted octanol–water partition coefficient (Wildman–Crippen LogP) is 2.59. The van der Waals surface area contributed by atoms with Crippen LogP contribution in [0.4, 0.5) is 5.69 Å². The molecule has 1 saturated carbocycles. The fourth-order valence-corrected chi connectivity index (χ4v) is 4.81. The minimum Gasteiger partial charge on any atom is -0.492 e. The summed E-state index contributed by atoms with van der Waals surface area (Å²) in [5.41, 5.74) is 1.58. The summed E-state index contributed by atoms with van der Waals surface area (Å²) < 4.78 is 5.99. The zero-order valence-corrected chi connectivity index (χ0v) is 18.4. The minimum atomic E-state index is -0.0796. The van der Waals surface area contributed by atoms with E-state index in [1.165, 1.54) is 6.42 Å². The average Bonchev–Trinajstić information content (AvgIpc) is 3.14. The molecule has 0 radical (unpaired) electrons. The highest BCUT2D eigenvalue weighted by Gasteiger charge is 2.31. The molecule has 4 rings (SSSR count). The van der Waals surface area contributed by atoms with Gasteiger partial charge in [-0.3, -0.25) is 14.9 Å². The van der Waals surface area contributed by atoms with E-state index in [1.807, 2.05) is 15.9 Å². The third-order valence-electron chi connectivity index (χ3n) is 6.11. The van der Waals surface area contributed by atoms with Crippen molar-refractivity contribution in [1.82, 2.24) is 15.1 Å². The highest BCUT2D eigenvalue weighted by molar-refractivity contribution is 6.32. The van der Waals surface area contributed by atoms with Crippen LogP contribution in [0.15, 0.2) is 17.1 Å². The Morgan fingerprint density at radius 3 is 2.87 bits per heavy atom. The number of nitrogens with one attached hydrogen (secondary N) is 1. The normalized spacial score (nSPS) is 18.2. The molecule has 3 aliphatic rings. The number of hydrogen-bond acceptors (Lipinski definition) is 6. The van der Waals surface area contributed by atoms with Gasteiger partial charge in [-0.2, -0.15) is 0 Å². The third kappa shape index (κ3) is 4.96. The summed E-state index contributed by atoms with van der Waals surface area (Å²) in [6.45, 7) is 1.49. The van der Waals surface area contributed by atoms with E-state index in [0.29, 0.717) is 49.3 Å². The molecule has 0 unspecified atom stereocenters. The third-order valence-corrected chi connectivity index (χ3v) is 6.40. The number of ether oxygens (including phenoxy) is 1. The van der Waals surface area contributed by atoms with Crippen molar-refractivity contribution in [2.45, 2.75) is 57.5 Å². The monoisotopic (exact) mass is 448 g/mol. The molecule has 1 aromatic carbocycles. The summed E-state index contributed by atoms with van der Waals surface area (Å²) in [6, 6.07) is 3.80. The number of aliphatic hydroxyl groups is 1. The maximum absolute atomic E-state index is 12.8. The SMILES string of the molecule is O=C1CN2Cc3c(ccc(Cl)c3OCCCC(=O)N(CCO)C3CCCCC3)N=C2N1. The topological polar surface area (TPSA) is 94.5 Å². The molecule has 9 heteroatoms. The molecular formula is C22H29ClN4O4. The molecule has 31 heavy (non-hydrogen) atoms. The Morgan fingerprint density at radius 2 is 2.10 bits per heavy atom. The fraction of sp³-hybridized carbons (Fsp3) is 0.591. The Hall–Kier alpha value is -2.32. The minimum absolute atomic E-state index is 0.0130. The van der Waals surface area contributed by atoms with Crippen molar-refractivity contribution in [3.63, 3.8) is 0 Å². The molecule has 2 N–H and O–H groups in total. The molecule has 8 nitrogen and oxygen atoms in total. The van der Waals surface area contributed by atoms with Gasteiger partial charge in [-0.15, -0.1) is 0 Å². The molecule has 0 bridgehead atoms. The lowest BCUT2D eigenvalue weighted by Crippen LogP contribution is -2.43. The zero-order valence-electron chi connectivity index (χ0n) is 17.6. The van der Waals surface area contributed by atoms with Crippen LogP contribution in [0.2, 0.25) is 5.02 Å². The molecule has 168 valence electrons. The molecule has 2 aliphatic heterocycles. The van der Waals surface area contributed by atoms with Crippen LogP contribution < -0.4 is 10.1 Å². The number of aliphatic imine (C=N–C) groups is 1. The second-order valence-electron chi connectivity index (χ2n) is 8.27. The van der Waals surface area contributed by atoms with E-state index in [0.717, 1.165) is 36.9 Å². The van der Waals surface area contributed by atoms with Crippen molar-refractivity contribution in [2.24, 2.45) is 4.99 Å². The van der Waals surface area contributed by atoms with Gasteiger partial charge >= 0.3 is 0 Å². The predicted molar refractivity (Wildman–Crippen MR) is 118 cm³/mol. The van der Waals surface area contributed by atoms with Gasteiger partial charge in [0.15, 0.2) is 0 Å². The molecule has 1 saturated heterocycles. The van der Waals surface area contributed by atoms with Gasteiger partial charge in [0.2, 0.25) is 17.8 Å². The van der Waals surface area contributed by atoms with Crippen molar-refractivity contribution < 1.29 is 19.4 Å². The van der Waals surface area contributed by atoms with E-state index in [2.05, 4.69) is 10.3 Å². The Morgan fingerprint density at radius 1 is 1.29 bits per heavy atom. The lowest BCUT2D eigenvalue weighted by molar-refractivity contribution is -0.135. The van der Waals surface area contributed by atoms with Gasteiger partial charge in [-0.05, 0) is 31.4 Å². The molecule has 0 spiro atoms. The summed E-state index contributed by atoms with van der Waals surface area (Å²) in [7, 11) is 0. The molecule has 1 aromatic rings. The van der Waals surface area contributed by atoms with Crippen LogP contribution in [0, 0.1) is 0 Å². The highest BCUT2D eigenvalue weighted by atomic mass is 35.5. The fourth-order valence-electron chi connectivity index (χ4n) is 4.58. The summed E-state index contributed by atoms with van der Waals surface area (Å²) in [5.74, 6) is 1.11. The zero-order chi connectivity index (χ0) is 21.8. The van der Waals surface area contributed by atoms with Gasteiger partial charge in [0.25, 0.3) is 0 Å². The van der Waals surface area contributed by atoms with Crippen LogP contribution in [0.5, 0.6) is 5.75 Å². The smallest absolute Gasteiger partial charge is 0.246 e. The van der Waals surface area contributed by atoms with E-state index in [-0.39, 0.29) is 31.0 Å². The highest BCUT2D eigenvalue weighted by Crippen LogP contribution is 2.39. The van der Waals surface area contributed by atoms with E-state index < -0.39 is 0 Å². The largest absolute Gasteiger partial charge is 0.492 e. The Kier molecular flexibility index (Phi) is 6.97. The summed E-state index contributed by atoms with van der Waals surface area (Å²) >= 11 is 6.39. The Labute approximate surface area is 187 Å². The van der Waals surface area contributed by atoms with Gasteiger partial charge in [-0.25, -0.2) is 4.99 Å². The van der Waals surface area contributed by atoms with Gasteiger partial charge in [-0.1, -0.05) is 30.9 Å². The lowest BCUT2D eigenvalue weighted by Gasteiger charge is -2.34. The van der Waals surface area contributed by atoms with Gasteiger partial charge in [0, 0.05) is 24.6 Å². The maximum Gasteiger partial charge on any atom is 0.246 e. The van der Waals surface area contributed by atoms with E-state index in [1.54, 1.807) is 6.07 Å². The number of halogens is 1. The van der Waals surface area contributed by atoms with Crippen LogP contribution in [0.3, 0.4) is 0 Å². The quantitative estimate of drug-likeness (QED) is 0.596. The number of amides is 2. The number of rotatable bonds is 8. The number of guanidine groups is 1. The molecular weight excluding hydrogens is 420 g/mol. The van der Waals surface area contributed by atoms with Crippen molar-refractivity contribution in [3.05, 3.63) is 22.7 Å². The second-order valence-corrected chi connectivity index (χ2v) is 8.68. The first-order chi connectivity index (χ1) is 15.1. The van der Waals surface area contributed by atoms with Crippen LogP contribution in [0.25, 0.3) is 0 Å². The maximum atomic E-state index is 12.8. The van der Waals surface area contributed by atoms with E-state index >= 15 is 0 Å². The molecule has 2 heterocycles. The average molecular weight is 449 g/mol. The van der Waals surface area contributed by atoms with Crippen LogP contribution in [-0.2, 0) is 16.1 Å². The first-order valence-corrected chi connectivity index (χ1v) is 11.4. The van der Waals surface area contributed by atoms with Crippen molar-refractivity contribution in [3.8, 4) is 5.75 Å². The summed E-state index contributed by atoms with van der Waals surface area (Å²) in [6.07, 6.45) is 6.48.